The van der Waals surface area contributed by atoms with Crippen molar-refractivity contribution in [2.45, 2.75) is 12.2 Å². The molecule has 0 saturated carbocycles. The average Bonchev–Trinajstić information content (AvgIpc) is 3.51. The van der Waals surface area contributed by atoms with Crippen LogP contribution >= 0.6 is 34.4 Å². The summed E-state index contributed by atoms with van der Waals surface area (Å²) in [7, 11) is 1.28. The molecule has 1 aliphatic heterocycles. The third-order valence-corrected chi connectivity index (χ3v) is 7.81. The Morgan fingerprint density at radius 2 is 1.94 bits per heavy atom. The first-order valence-corrected chi connectivity index (χ1v) is 11.9. The Morgan fingerprint density at radius 3 is 2.55 bits per heavy atom. The number of rotatable bonds is 5. The van der Waals surface area contributed by atoms with Gasteiger partial charge in [0.25, 0.3) is 5.91 Å². The first kappa shape index (κ1) is 21.4. The largest absolute Gasteiger partial charge is 0.465 e. The zero-order chi connectivity index (χ0) is 22.1. The standard InChI is InChI=1S/C21H18N2O5S3/c1-3-28-20(25)16-14(22)12(10-11-6-4-8-29-11)15-18(21(26)27-2)31-17(19(24)23(15)16)13-7-5-9-30-13/h4-10,17H,3,22H2,1-2H3/b12-10+/t17-/m1/s1. The first-order chi connectivity index (χ1) is 15.0. The highest BCUT2D eigenvalue weighted by Gasteiger charge is 2.38. The second-order valence-corrected chi connectivity index (χ2v) is 9.49. The van der Waals surface area contributed by atoms with E-state index in [2.05, 4.69) is 0 Å². The molecule has 1 atom stereocenters. The van der Waals surface area contributed by atoms with Gasteiger partial charge in [-0.2, -0.15) is 0 Å². The molecule has 3 aromatic heterocycles. The summed E-state index contributed by atoms with van der Waals surface area (Å²) in [4.78, 5) is 41.0. The molecule has 1 aliphatic rings. The van der Waals surface area contributed by atoms with Gasteiger partial charge in [0.2, 0.25) is 0 Å². The zero-order valence-corrected chi connectivity index (χ0v) is 19.1. The van der Waals surface area contributed by atoms with Gasteiger partial charge >= 0.3 is 11.9 Å². The highest BCUT2D eigenvalue weighted by atomic mass is 32.2. The van der Waals surface area contributed by atoms with Gasteiger partial charge in [-0.05, 0) is 35.9 Å². The fraction of sp³-hybridized carbons (Fsp3) is 0.190. The predicted molar refractivity (Wildman–Crippen MR) is 123 cm³/mol. The minimum absolute atomic E-state index is 0.0760. The minimum Gasteiger partial charge on any atom is -0.465 e. The molecular weight excluding hydrogens is 456 g/mol. The molecule has 4 rings (SSSR count). The van der Waals surface area contributed by atoms with Crippen molar-refractivity contribution < 1.29 is 23.9 Å². The third-order valence-electron chi connectivity index (χ3n) is 4.61. The number of carbonyl (C=O) groups excluding carboxylic acids is 3. The van der Waals surface area contributed by atoms with Crippen LogP contribution in [0.25, 0.3) is 11.0 Å². The van der Waals surface area contributed by atoms with E-state index < -0.39 is 17.2 Å². The maximum atomic E-state index is 13.6. The minimum atomic E-state index is -0.721. The number of carbonyl (C=O) groups is 3. The van der Waals surface area contributed by atoms with E-state index in [-0.39, 0.29) is 34.1 Å². The Balaban J connectivity index is 2.11. The van der Waals surface area contributed by atoms with Crippen molar-refractivity contribution in [2.24, 2.45) is 0 Å². The summed E-state index contributed by atoms with van der Waals surface area (Å²) in [5.74, 6) is -1.69. The molecule has 3 aromatic rings. The summed E-state index contributed by atoms with van der Waals surface area (Å²) in [5, 5.41) is 3.70. The molecule has 0 bridgehead atoms. The fourth-order valence-corrected chi connectivity index (χ4v) is 6.11. The maximum Gasteiger partial charge on any atom is 0.357 e. The maximum absolute atomic E-state index is 13.6. The summed E-state index contributed by atoms with van der Waals surface area (Å²) in [5.41, 5.74) is 6.40. The highest BCUT2D eigenvalue weighted by molar-refractivity contribution is 8.10. The fourth-order valence-electron chi connectivity index (χ4n) is 3.31. The number of nitrogens with two attached hydrogens (primary N) is 1. The SMILES string of the molecule is CCOC(=O)c1c(N)/c(=C\c2cccs2)c2n1C(=O)[C@@H](c1cccs1)SC=2C(=O)OC. The lowest BCUT2D eigenvalue weighted by Gasteiger charge is -2.22. The summed E-state index contributed by atoms with van der Waals surface area (Å²) in [6, 6.07) is 7.39. The van der Waals surface area contributed by atoms with Gasteiger partial charge in [-0.1, -0.05) is 23.9 Å². The molecule has 0 saturated heterocycles. The number of hydrogen-bond acceptors (Lipinski definition) is 9. The predicted octanol–water partition coefficient (Wildman–Crippen LogP) is 2.61. The van der Waals surface area contributed by atoms with Crippen LogP contribution in [0.4, 0.5) is 5.69 Å². The monoisotopic (exact) mass is 474 g/mol. The third kappa shape index (κ3) is 3.71. The Kier molecular flexibility index (Phi) is 6.03. The smallest absolute Gasteiger partial charge is 0.357 e. The lowest BCUT2D eigenvalue weighted by Crippen LogP contribution is -2.42. The van der Waals surface area contributed by atoms with Crippen LogP contribution in [0.15, 0.2) is 35.0 Å². The topological polar surface area (TPSA) is 101 Å². The number of hydrogen-bond donors (Lipinski definition) is 1. The van der Waals surface area contributed by atoms with Gasteiger partial charge in [-0.3, -0.25) is 9.36 Å². The van der Waals surface area contributed by atoms with E-state index in [0.717, 1.165) is 21.5 Å². The Hall–Kier alpha value is -2.82. The molecule has 0 aromatic carbocycles. The Morgan fingerprint density at radius 1 is 1.19 bits per heavy atom. The van der Waals surface area contributed by atoms with Crippen molar-refractivity contribution in [1.29, 1.82) is 0 Å². The molecule has 0 radical (unpaired) electrons. The molecule has 10 heteroatoms. The molecule has 2 N–H and O–H groups in total. The molecule has 0 aliphatic carbocycles. The van der Waals surface area contributed by atoms with Crippen molar-refractivity contribution in [3.63, 3.8) is 0 Å². The van der Waals surface area contributed by atoms with Crippen LogP contribution in [-0.2, 0) is 14.3 Å². The van der Waals surface area contributed by atoms with E-state index in [9.17, 15) is 14.4 Å². The number of esters is 2. The van der Waals surface area contributed by atoms with Gasteiger partial charge in [-0.15, -0.1) is 22.7 Å². The lowest BCUT2D eigenvalue weighted by atomic mass is 10.2. The summed E-state index contributed by atoms with van der Waals surface area (Å²) >= 11 is 3.97. The zero-order valence-electron chi connectivity index (χ0n) is 16.6. The molecular formula is C21H18N2O5S3. The number of methoxy groups -OCH3 is 1. The van der Waals surface area contributed by atoms with Crippen LogP contribution in [0.2, 0.25) is 0 Å². The lowest BCUT2D eigenvalue weighted by molar-refractivity contribution is -0.133. The number of ether oxygens (including phenoxy) is 2. The molecule has 0 fully saturated rings. The van der Waals surface area contributed by atoms with Crippen LogP contribution < -0.4 is 16.3 Å². The quantitative estimate of drug-likeness (QED) is 0.567. The van der Waals surface area contributed by atoms with Crippen molar-refractivity contribution in [3.8, 4) is 0 Å². The van der Waals surface area contributed by atoms with E-state index in [1.807, 2.05) is 35.0 Å². The first-order valence-electron chi connectivity index (χ1n) is 9.27. The molecule has 160 valence electrons. The Labute approximate surface area is 189 Å². The number of anilines is 1. The van der Waals surface area contributed by atoms with Crippen LogP contribution in [0, 0.1) is 0 Å². The molecule has 0 spiro atoms. The van der Waals surface area contributed by atoms with E-state index >= 15 is 0 Å². The molecule has 7 nitrogen and oxygen atoms in total. The molecule has 0 amide bonds. The number of thioether (sulfide) groups is 1. The van der Waals surface area contributed by atoms with Gasteiger partial charge in [0.15, 0.2) is 5.69 Å². The van der Waals surface area contributed by atoms with Gasteiger partial charge in [0.05, 0.1) is 24.8 Å². The van der Waals surface area contributed by atoms with Crippen molar-refractivity contribution in [1.82, 2.24) is 4.57 Å². The van der Waals surface area contributed by atoms with Crippen molar-refractivity contribution in [3.05, 3.63) is 61.0 Å². The van der Waals surface area contributed by atoms with Gasteiger partial charge in [0, 0.05) is 15.0 Å². The summed E-state index contributed by atoms with van der Waals surface area (Å²) < 4.78 is 11.4. The summed E-state index contributed by atoms with van der Waals surface area (Å²) in [6.07, 6.45) is 1.76. The average molecular weight is 475 g/mol. The van der Waals surface area contributed by atoms with Gasteiger partial charge in [0.1, 0.15) is 10.2 Å². The van der Waals surface area contributed by atoms with Crippen LogP contribution in [0.1, 0.15) is 37.2 Å². The van der Waals surface area contributed by atoms with Crippen LogP contribution in [0.3, 0.4) is 0 Å². The van der Waals surface area contributed by atoms with E-state index in [1.165, 1.54) is 34.4 Å². The normalized spacial score (nSPS) is 16.3. The van der Waals surface area contributed by atoms with Crippen molar-refractivity contribution >= 4 is 68.9 Å². The van der Waals surface area contributed by atoms with Crippen LogP contribution in [-0.4, -0.2) is 36.1 Å². The van der Waals surface area contributed by atoms with E-state index in [4.69, 9.17) is 15.2 Å². The Bertz CT molecular complexity index is 1270. The van der Waals surface area contributed by atoms with Crippen molar-refractivity contribution in [2.75, 3.05) is 19.5 Å². The number of thiophene rings is 2. The molecule has 0 unspecified atom stereocenters. The van der Waals surface area contributed by atoms with E-state index in [0.29, 0.717) is 5.22 Å². The second-order valence-electron chi connectivity index (χ2n) is 6.41. The highest BCUT2D eigenvalue weighted by Crippen LogP contribution is 2.41. The number of fused-ring (bicyclic) bond motifs is 1. The molecule has 31 heavy (non-hydrogen) atoms. The van der Waals surface area contributed by atoms with E-state index in [1.54, 1.807) is 13.0 Å². The summed E-state index contributed by atoms with van der Waals surface area (Å²) in [6.45, 7) is 1.79. The number of nitrogens with zero attached hydrogens (tertiary/aromatic N) is 1. The number of nitrogen functional groups attached to an aromatic ring is 1. The number of aromatic nitrogens is 1. The van der Waals surface area contributed by atoms with Gasteiger partial charge < -0.3 is 15.2 Å². The molecule has 4 heterocycles. The van der Waals surface area contributed by atoms with Gasteiger partial charge in [-0.25, -0.2) is 9.59 Å². The second kappa shape index (κ2) is 8.74. The van der Waals surface area contributed by atoms with Crippen LogP contribution in [0.5, 0.6) is 0 Å².